The van der Waals surface area contributed by atoms with Crippen LogP contribution in [0.15, 0.2) is 71.0 Å². The Labute approximate surface area is 114 Å². The van der Waals surface area contributed by atoms with Crippen LogP contribution in [0.5, 0.6) is 0 Å². The van der Waals surface area contributed by atoms with Crippen LogP contribution in [0, 0.1) is 0 Å². The second kappa shape index (κ2) is 5.29. The van der Waals surface area contributed by atoms with E-state index in [4.69, 9.17) is 0 Å². The Morgan fingerprint density at radius 1 is 0.778 bits per heavy atom. The fraction of sp³-hybridized carbons (Fsp3) is 0. The molecule has 0 bridgehead atoms. The zero-order valence-electron chi connectivity index (χ0n) is 9.61. The summed E-state index contributed by atoms with van der Waals surface area (Å²) in [5.74, 6) is 0. The Balaban J connectivity index is 1.98. The van der Waals surface area contributed by atoms with Crippen molar-refractivity contribution in [1.29, 1.82) is 0 Å². The predicted octanol–water partition coefficient (Wildman–Crippen LogP) is 4.71. The smallest absolute Gasteiger partial charge is 0.171 e. The minimum Gasteiger partial charge on any atom is -0.228 e. The van der Waals surface area contributed by atoms with Crippen LogP contribution in [-0.2, 0) is 0 Å². The van der Waals surface area contributed by atoms with E-state index < -0.39 is 0 Å². The van der Waals surface area contributed by atoms with Gasteiger partial charge in [-0.15, -0.1) is 22.7 Å². The third-order valence-corrected chi connectivity index (χ3v) is 4.67. The Morgan fingerprint density at radius 2 is 1.44 bits per heavy atom. The van der Waals surface area contributed by atoms with Gasteiger partial charge in [-0.2, -0.15) is 0 Å². The van der Waals surface area contributed by atoms with E-state index in [1.165, 1.54) is 10.4 Å². The van der Waals surface area contributed by atoms with Crippen molar-refractivity contribution < 1.29 is 0 Å². The molecular formula is C15H11NS2. The molecular weight excluding hydrogens is 258 g/mol. The van der Waals surface area contributed by atoms with Gasteiger partial charge in [0.15, 0.2) is 3.98 Å². The summed E-state index contributed by atoms with van der Waals surface area (Å²) in [5.41, 5.74) is 2.27. The molecule has 0 aliphatic carbocycles. The minimum atomic E-state index is 1.01. The molecule has 3 aromatic rings. The number of hydrogen-bond donors (Lipinski definition) is 0. The molecule has 1 heterocycles. The molecule has 88 valence electrons. The fourth-order valence-electron chi connectivity index (χ4n) is 1.63. The van der Waals surface area contributed by atoms with E-state index in [0.29, 0.717) is 0 Å². The van der Waals surface area contributed by atoms with Crippen LogP contribution in [0.1, 0.15) is 0 Å². The first-order valence-corrected chi connectivity index (χ1v) is 7.35. The molecule has 0 aliphatic rings. The Bertz CT molecular complexity index is 681. The van der Waals surface area contributed by atoms with E-state index in [1.807, 2.05) is 36.4 Å². The molecule has 0 atom stereocenters. The lowest BCUT2D eigenvalue weighted by molar-refractivity contribution is 1.46. The van der Waals surface area contributed by atoms with Crippen molar-refractivity contribution >= 4 is 28.4 Å². The fourth-order valence-corrected chi connectivity index (χ4v) is 3.67. The van der Waals surface area contributed by atoms with Crippen LogP contribution >= 0.6 is 22.7 Å². The van der Waals surface area contributed by atoms with Crippen molar-refractivity contribution in [2.45, 2.75) is 0 Å². The molecule has 1 nitrogen and oxygen atoms in total. The lowest BCUT2D eigenvalue weighted by atomic mass is 10.2. The first-order chi connectivity index (χ1) is 8.92. The summed E-state index contributed by atoms with van der Waals surface area (Å²) in [6.45, 7) is 0. The van der Waals surface area contributed by atoms with Crippen LogP contribution in [0.3, 0.4) is 0 Å². The summed E-state index contributed by atoms with van der Waals surface area (Å²) >= 11 is 3.42. The third kappa shape index (κ3) is 2.58. The zero-order chi connectivity index (χ0) is 12.2. The molecule has 3 heteroatoms. The molecule has 0 unspecified atom stereocenters. The predicted molar refractivity (Wildman–Crippen MR) is 79.3 cm³/mol. The number of hydrogen-bond acceptors (Lipinski definition) is 3. The maximum Gasteiger partial charge on any atom is 0.171 e. The van der Waals surface area contributed by atoms with E-state index in [-0.39, 0.29) is 0 Å². The highest BCUT2D eigenvalue weighted by molar-refractivity contribution is 7.28. The van der Waals surface area contributed by atoms with Gasteiger partial charge < -0.3 is 0 Å². The highest BCUT2D eigenvalue weighted by atomic mass is 32.2. The van der Waals surface area contributed by atoms with Gasteiger partial charge in [-0.3, -0.25) is 0 Å². The molecule has 0 radical (unpaired) electrons. The monoisotopic (exact) mass is 269 g/mol. The van der Waals surface area contributed by atoms with Crippen molar-refractivity contribution in [3.8, 4) is 10.4 Å². The standard InChI is InChI=1S/C15H11NS2/c1-3-7-12(8-4-1)14-11-17-15(18-14)16-13-9-5-2-6-10-13/h1-11H. The van der Waals surface area contributed by atoms with Crippen LogP contribution in [-0.4, -0.2) is 0 Å². The summed E-state index contributed by atoms with van der Waals surface area (Å²) in [4.78, 5) is 5.90. The Hall–Kier alpha value is -1.71. The highest BCUT2D eigenvalue weighted by Crippen LogP contribution is 2.24. The van der Waals surface area contributed by atoms with E-state index in [0.717, 1.165) is 9.67 Å². The van der Waals surface area contributed by atoms with Crippen LogP contribution in [0.4, 0.5) is 5.69 Å². The third-order valence-electron chi connectivity index (χ3n) is 2.50. The summed E-state index contributed by atoms with van der Waals surface area (Å²) in [5, 5.41) is 2.17. The Morgan fingerprint density at radius 3 is 2.17 bits per heavy atom. The van der Waals surface area contributed by atoms with Crippen molar-refractivity contribution in [3.05, 3.63) is 70.0 Å². The van der Waals surface area contributed by atoms with Crippen LogP contribution < -0.4 is 3.98 Å². The largest absolute Gasteiger partial charge is 0.228 e. The molecule has 18 heavy (non-hydrogen) atoms. The summed E-state index contributed by atoms with van der Waals surface area (Å²) in [6.07, 6.45) is 0. The van der Waals surface area contributed by atoms with Gasteiger partial charge in [0.1, 0.15) is 0 Å². The SMILES string of the molecule is c1ccc(N=c2scc(-c3ccccc3)s2)cc1. The van der Waals surface area contributed by atoms with Gasteiger partial charge in [-0.1, -0.05) is 48.5 Å². The van der Waals surface area contributed by atoms with Crippen LogP contribution in [0.2, 0.25) is 0 Å². The van der Waals surface area contributed by atoms with Gasteiger partial charge in [-0.05, 0) is 17.7 Å². The van der Waals surface area contributed by atoms with E-state index in [2.05, 4.69) is 34.6 Å². The summed E-state index contributed by atoms with van der Waals surface area (Å²) in [7, 11) is 0. The molecule has 0 amide bonds. The van der Waals surface area contributed by atoms with E-state index in [1.54, 1.807) is 22.7 Å². The average molecular weight is 269 g/mol. The molecule has 2 aromatic carbocycles. The number of nitrogens with zero attached hydrogens (tertiary/aromatic N) is 1. The number of benzene rings is 2. The number of rotatable bonds is 2. The van der Waals surface area contributed by atoms with Gasteiger partial charge >= 0.3 is 0 Å². The number of para-hydroxylation sites is 1. The van der Waals surface area contributed by atoms with Crippen molar-refractivity contribution in [2.24, 2.45) is 4.99 Å². The van der Waals surface area contributed by atoms with Crippen molar-refractivity contribution in [1.82, 2.24) is 0 Å². The van der Waals surface area contributed by atoms with E-state index >= 15 is 0 Å². The van der Waals surface area contributed by atoms with E-state index in [9.17, 15) is 0 Å². The van der Waals surface area contributed by atoms with Crippen molar-refractivity contribution in [2.75, 3.05) is 0 Å². The topological polar surface area (TPSA) is 12.4 Å². The maximum absolute atomic E-state index is 4.62. The van der Waals surface area contributed by atoms with Crippen molar-refractivity contribution in [3.63, 3.8) is 0 Å². The maximum atomic E-state index is 4.62. The molecule has 3 rings (SSSR count). The summed E-state index contributed by atoms with van der Waals surface area (Å²) in [6, 6.07) is 20.5. The van der Waals surface area contributed by atoms with Gasteiger partial charge in [0.25, 0.3) is 0 Å². The quantitative estimate of drug-likeness (QED) is 0.639. The first kappa shape index (κ1) is 11.4. The molecule has 0 N–H and O–H groups in total. The van der Waals surface area contributed by atoms with Crippen LogP contribution in [0.25, 0.3) is 10.4 Å². The molecule has 0 saturated carbocycles. The van der Waals surface area contributed by atoms with Gasteiger partial charge in [0.05, 0.1) is 5.69 Å². The van der Waals surface area contributed by atoms with Gasteiger partial charge in [-0.25, -0.2) is 4.99 Å². The lowest BCUT2D eigenvalue weighted by Crippen LogP contribution is -1.83. The Kier molecular flexibility index (Phi) is 3.35. The summed E-state index contributed by atoms with van der Waals surface area (Å²) < 4.78 is 1.08. The molecule has 0 aliphatic heterocycles. The second-order valence-electron chi connectivity index (χ2n) is 3.78. The van der Waals surface area contributed by atoms with Gasteiger partial charge in [0, 0.05) is 10.3 Å². The van der Waals surface area contributed by atoms with Gasteiger partial charge in [0.2, 0.25) is 0 Å². The molecule has 0 spiro atoms. The average Bonchev–Trinajstić information content (AvgIpc) is 2.89. The zero-order valence-corrected chi connectivity index (χ0v) is 11.2. The molecule has 0 saturated heterocycles. The molecule has 0 fully saturated rings. The highest BCUT2D eigenvalue weighted by Gasteiger charge is 1.99. The minimum absolute atomic E-state index is 1.01. The first-order valence-electron chi connectivity index (χ1n) is 5.66. The second-order valence-corrected chi connectivity index (χ2v) is 5.93. The normalized spacial score (nSPS) is 11.7. The molecule has 1 aromatic heterocycles. The lowest BCUT2D eigenvalue weighted by Gasteiger charge is -1.93.